The first-order chi connectivity index (χ1) is 18.9. The first-order valence-electron chi connectivity index (χ1n) is 12.8. The maximum Gasteiger partial charge on any atom is 0.410 e. The van der Waals surface area contributed by atoms with Crippen molar-refractivity contribution in [3.8, 4) is 0 Å². The molecule has 5 rings (SSSR count). The van der Waals surface area contributed by atoms with Crippen LogP contribution >= 0.6 is 0 Å². The highest BCUT2D eigenvalue weighted by atomic mass is 19.4. The van der Waals surface area contributed by atoms with Crippen molar-refractivity contribution >= 4 is 17.8 Å². The van der Waals surface area contributed by atoms with Crippen LogP contribution in [0, 0.1) is 5.92 Å². The van der Waals surface area contributed by atoms with Gasteiger partial charge < -0.3 is 20.6 Å². The fraction of sp³-hybridized carbons (Fsp3) is 0.462. The number of nitrogens with zero attached hydrogens (tertiary/aromatic N) is 4. The van der Waals surface area contributed by atoms with Crippen molar-refractivity contribution in [1.29, 1.82) is 0 Å². The second-order valence-electron chi connectivity index (χ2n) is 10.3. The van der Waals surface area contributed by atoms with Crippen molar-refractivity contribution in [2.45, 2.75) is 62.3 Å². The molecule has 9 nitrogen and oxygen atoms in total. The topological polar surface area (TPSA) is 112 Å². The van der Waals surface area contributed by atoms with Crippen LogP contribution in [0.15, 0.2) is 48.8 Å². The lowest BCUT2D eigenvalue weighted by atomic mass is 9.81. The Balaban J connectivity index is 1.47. The average molecular weight is 567 g/mol. The van der Waals surface area contributed by atoms with Crippen LogP contribution < -0.4 is 10.6 Å². The smallest absolute Gasteiger partial charge is 0.410 e. The normalized spacial score (nSPS) is 21.3. The molecule has 1 aliphatic heterocycles. The van der Waals surface area contributed by atoms with Gasteiger partial charge in [0.25, 0.3) is 0 Å². The number of hydrogen-bond acceptors (Lipinski definition) is 4. The van der Waals surface area contributed by atoms with E-state index in [4.69, 9.17) is 0 Å². The molecule has 3 atom stereocenters. The van der Waals surface area contributed by atoms with E-state index in [0.29, 0.717) is 5.56 Å². The second-order valence-corrected chi connectivity index (χ2v) is 10.3. The van der Waals surface area contributed by atoms with E-state index in [-0.39, 0.29) is 43.4 Å². The van der Waals surface area contributed by atoms with Crippen molar-refractivity contribution < 1.29 is 36.6 Å². The molecule has 1 aliphatic carbocycles. The van der Waals surface area contributed by atoms with E-state index in [1.807, 2.05) is 5.32 Å². The lowest BCUT2D eigenvalue weighted by Crippen LogP contribution is -2.40. The number of nitrogens with one attached hydrogen (secondary N) is 2. The van der Waals surface area contributed by atoms with Crippen molar-refractivity contribution in [2.75, 3.05) is 6.54 Å². The minimum absolute atomic E-state index is 0.105. The number of rotatable bonds is 7. The highest BCUT2D eigenvalue weighted by Gasteiger charge is 2.48. The van der Waals surface area contributed by atoms with Crippen LogP contribution in [0.5, 0.6) is 0 Å². The van der Waals surface area contributed by atoms with Gasteiger partial charge in [-0.1, -0.05) is 30.3 Å². The van der Waals surface area contributed by atoms with Gasteiger partial charge in [0.05, 0.1) is 36.7 Å². The zero-order chi connectivity index (χ0) is 28.7. The monoisotopic (exact) mass is 566 g/mol. The largest absolute Gasteiger partial charge is 0.465 e. The summed E-state index contributed by atoms with van der Waals surface area (Å²) in [6, 6.07) is 6.04. The van der Waals surface area contributed by atoms with Gasteiger partial charge in [0, 0.05) is 12.8 Å². The maximum atomic E-state index is 13.7. The molecule has 2 aromatic heterocycles. The van der Waals surface area contributed by atoms with Gasteiger partial charge in [-0.15, -0.1) is 0 Å². The number of amides is 3. The summed E-state index contributed by atoms with van der Waals surface area (Å²) in [4.78, 5) is 29.8. The molecule has 3 N–H and O–H groups in total. The molecule has 14 heteroatoms. The Morgan fingerprint density at radius 2 is 1.90 bits per heavy atom. The van der Waals surface area contributed by atoms with E-state index in [0.717, 1.165) is 10.5 Å². The van der Waals surface area contributed by atoms with E-state index >= 15 is 0 Å². The molecule has 3 amide bonds. The summed E-state index contributed by atoms with van der Waals surface area (Å²) in [6.07, 6.45) is -3.30. The molecule has 1 saturated carbocycles. The quantitative estimate of drug-likeness (QED) is 0.345. The highest BCUT2D eigenvalue weighted by molar-refractivity contribution is 5.77. The molecule has 1 saturated heterocycles. The minimum atomic E-state index is -4.61. The number of carbonyl (C=O) groups is 2. The Kier molecular flexibility index (Phi) is 7.27. The van der Waals surface area contributed by atoms with Crippen molar-refractivity contribution in [3.05, 3.63) is 65.6 Å². The molecule has 3 heterocycles. The Morgan fingerprint density at radius 3 is 2.52 bits per heavy atom. The average Bonchev–Trinajstić information content (AvgIpc) is 3.49. The van der Waals surface area contributed by atoms with Gasteiger partial charge in [-0.3, -0.25) is 0 Å². The molecular weight excluding hydrogens is 539 g/mol. The predicted molar refractivity (Wildman–Crippen MR) is 132 cm³/mol. The first-order valence-corrected chi connectivity index (χ1v) is 12.8. The van der Waals surface area contributed by atoms with Gasteiger partial charge in [-0.25, -0.2) is 27.9 Å². The van der Waals surface area contributed by atoms with Crippen LogP contribution in [-0.2, 0) is 6.42 Å². The maximum absolute atomic E-state index is 13.7. The van der Waals surface area contributed by atoms with Gasteiger partial charge in [-0.2, -0.15) is 18.3 Å². The molecule has 2 aliphatic rings. The van der Waals surface area contributed by atoms with E-state index in [1.54, 1.807) is 36.4 Å². The zero-order valence-electron chi connectivity index (χ0n) is 21.1. The van der Waals surface area contributed by atoms with Crippen LogP contribution in [0.3, 0.4) is 0 Å². The Bertz CT molecular complexity index is 1370. The number of carboxylic acid groups (broad SMARTS) is 1. The minimum Gasteiger partial charge on any atom is -0.465 e. The summed E-state index contributed by atoms with van der Waals surface area (Å²) in [5.41, 5.74) is 1.79. The van der Waals surface area contributed by atoms with E-state index < -0.39 is 54.8 Å². The molecular formula is C26H27F5N6O3. The van der Waals surface area contributed by atoms with E-state index in [9.17, 15) is 36.6 Å². The Morgan fingerprint density at radius 1 is 1.20 bits per heavy atom. The van der Waals surface area contributed by atoms with Crippen LogP contribution in [0.2, 0.25) is 0 Å². The third-order valence-electron chi connectivity index (χ3n) is 7.56. The van der Waals surface area contributed by atoms with Gasteiger partial charge in [0.15, 0.2) is 5.65 Å². The van der Waals surface area contributed by atoms with Gasteiger partial charge >= 0.3 is 18.3 Å². The summed E-state index contributed by atoms with van der Waals surface area (Å²) in [6.45, 7) is -0.582. The predicted octanol–water partition coefficient (Wildman–Crippen LogP) is 5.10. The number of urea groups is 1. The summed E-state index contributed by atoms with van der Waals surface area (Å²) in [5, 5.41) is 18.1. The summed E-state index contributed by atoms with van der Waals surface area (Å²) < 4.78 is 69.1. The molecule has 0 spiro atoms. The Labute approximate surface area is 225 Å². The molecule has 0 bridgehead atoms. The number of alkyl halides is 5. The lowest BCUT2D eigenvalue weighted by Gasteiger charge is -2.32. The third kappa shape index (κ3) is 5.94. The number of halogens is 5. The van der Waals surface area contributed by atoms with Crippen LogP contribution in [-0.4, -0.2) is 61.4 Å². The molecule has 40 heavy (non-hydrogen) atoms. The zero-order valence-corrected chi connectivity index (χ0v) is 21.1. The third-order valence-corrected chi connectivity index (χ3v) is 7.56. The van der Waals surface area contributed by atoms with E-state index in [2.05, 4.69) is 15.4 Å². The standard InChI is InChI=1S/C26H27F5N6O3/c27-25(28)8-6-16(7-9-25)22(35-24(39)40)18-13-37-21(33-18)11-17(12-32-37)19(10-15-4-2-1-3-5-15)36-14-20(26(29,30)31)34-23(36)38/h1-5,11-13,16,19-20,22,35H,6-10,14H2,(H,34,38)(H,39,40)/t19?,20-,22-/m0/s1. The molecule has 1 unspecified atom stereocenters. The lowest BCUT2D eigenvalue weighted by molar-refractivity contribution is -0.150. The fourth-order valence-electron chi connectivity index (χ4n) is 5.46. The number of benzene rings is 1. The molecule has 3 aromatic rings. The molecule has 0 radical (unpaired) electrons. The Hall–Kier alpha value is -3.97. The van der Waals surface area contributed by atoms with Crippen LogP contribution in [0.25, 0.3) is 5.65 Å². The molecule has 2 fully saturated rings. The van der Waals surface area contributed by atoms with Crippen molar-refractivity contribution in [1.82, 2.24) is 30.1 Å². The molecule has 1 aromatic carbocycles. The summed E-state index contributed by atoms with van der Waals surface area (Å²) in [5.74, 6) is -3.20. The van der Waals surface area contributed by atoms with Crippen LogP contribution in [0.1, 0.15) is 54.6 Å². The van der Waals surface area contributed by atoms with Crippen LogP contribution in [0.4, 0.5) is 31.5 Å². The number of hydrogen-bond donors (Lipinski definition) is 3. The number of carbonyl (C=O) groups excluding carboxylic acids is 1. The second kappa shape index (κ2) is 10.5. The van der Waals surface area contributed by atoms with Crippen molar-refractivity contribution in [3.63, 3.8) is 0 Å². The van der Waals surface area contributed by atoms with E-state index in [1.165, 1.54) is 16.9 Å². The summed E-state index contributed by atoms with van der Waals surface area (Å²) in [7, 11) is 0. The van der Waals surface area contributed by atoms with Crippen molar-refractivity contribution in [2.24, 2.45) is 5.92 Å². The number of aromatic nitrogens is 3. The fourth-order valence-corrected chi connectivity index (χ4v) is 5.46. The van der Waals surface area contributed by atoms with Gasteiger partial charge in [-0.05, 0) is 42.4 Å². The van der Waals surface area contributed by atoms with Gasteiger partial charge in [0.2, 0.25) is 5.92 Å². The highest BCUT2D eigenvalue weighted by Crippen LogP contribution is 2.41. The first kappa shape index (κ1) is 27.6. The number of imidazole rings is 1. The summed E-state index contributed by atoms with van der Waals surface area (Å²) >= 11 is 0. The van der Waals surface area contributed by atoms with Gasteiger partial charge in [0.1, 0.15) is 6.04 Å². The number of fused-ring (bicyclic) bond motifs is 1. The SMILES string of the molecule is O=C(O)N[C@H](c1cn2ncc(C(Cc3ccccc3)N3C[C@@H](C(F)(F)F)NC3=O)cc2n1)C1CCC(F)(F)CC1. The molecule has 214 valence electrons.